The fraction of sp³-hybridized carbons (Fsp3) is 0.400. The van der Waals surface area contributed by atoms with Gasteiger partial charge in [-0.05, 0) is 11.1 Å². The summed E-state index contributed by atoms with van der Waals surface area (Å²) in [6.07, 6.45) is -1.13. The molecule has 0 spiro atoms. The molecule has 1 unspecified atom stereocenters. The molecule has 2 aromatic carbocycles. The lowest BCUT2D eigenvalue weighted by atomic mass is 9.93. The molecule has 3 rings (SSSR count). The van der Waals surface area contributed by atoms with Crippen LogP contribution in [0.1, 0.15) is 11.1 Å². The smallest absolute Gasteiger partial charge is 0.0969 e. The Bertz CT molecular complexity index is 608. The third kappa shape index (κ3) is 4.41. The van der Waals surface area contributed by atoms with E-state index in [-0.39, 0.29) is 6.10 Å². The van der Waals surface area contributed by atoms with Gasteiger partial charge in [-0.3, -0.25) is 9.29 Å². The predicted molar refractivity (Wildman–Crippen MR) is 92.2 cm³/mol. The van der Waals surface area contributed by atoms with Gasteiger partial charge in [0.2, 0.25) is 0 Å². The minimum atomic E-state index is -0.759. The maximum Gasteiger partial charge on any atom is 0.0969 e. The highest BCUT2D eigenvalue weighted by Gasteiger charge is 2.36. The minimum Gasteiger partial charge on any atom is -0.390 e. The van der Waals surface area contributed by atoms with Crippen LogP contribution < -0.4 is 0 Å². The minimum absolute atomic E-state index is 0.372. The van der Waals surface area contributed by atoms with E-state index in [0.717, 1.165) is 12.1 Å². The number of halogens is 1. The van der Waals surface area contributed by atoms with Crippen LogP contribution in [0.2, 0.25) is 0 Å². The lowest BCUT2D eigenvalue weighted by Crippen LogP contribution is -2.53. The highest BCUT2D eigenvalue weighted by atomic mass is 19.1. The molecular formula is C20H24FNO2. The number of piperidine rings is 1. The summed E-state index contributed by atoms with van der Waals surface area (Å²) in [5.74, 6) is -0.400. The third-order valence-electron chi connectivity index (χ3n) is 4.55. The van der Waals surface area contributed by atoms with Gasteiger partial charge < -0.3 is 9.84 Å². The summed E-state index contributed by atoms with van der Waals surface area (Å²) in [6.45, 7) is 1.81. The summed E-state index contributed by atoms with van der Waals surface area (Å²) in [7, 11) is 0. The summed E-state index contributed by atoms with van der Waals surface area (Å²) in [5.41, 5.74) is 2.25. The summed E-state index contributed by atoms with van der Waals surface area (Å²) in [4.78, 5) is 2.17. The van der Waals surface area contributed by atoms with Crippen LogP contribution in [0, 0.1) is 5.92 Å². The largest absolute Gasteiger partial charge is 0.390 e. The van der Waals surface area contributed by atoms with Gasteiger partial charge in [-0.2, -0.15) is 0 Å². The van der Waals surface area contributed by atoms with E-state index in [9.17, 15) is 9.50 Å². The van der Waals surface area contributed by atoms with E-state index in [1.807, 2.05) is 48.5 Å². The van der Waals surface area contributed by atoms with Crippen LogP contribution in [0.4, 0.5) is 4.39 Å². The Labute approximate surface area is 142 Å². The Balaban J connectivity index is 1.63. The number of hydrogen-bond acceptors (Lipinski definition) is 3. The zero-order valence-electron chi connectivity index (χ0n) is 13.7. The zero-order chi connectivity index (χ0) is 16.8. The quantitative estimate of drug-likeness (QED) is 0.884. The first kappa shape index (κ1) is 17.1. The molecule has 1 aliphatic heterocycles. The second kappa shape index (κ2) is 8.38. The van der Waals surface area contributed by atoms with E-state index in [0.29, 0.717) is 19.7 Å². The van der Waals surface area contributed by atoms with Crippen molar-refractivity contribution in [3.63, 3.8) is 0 Å². The summed E-state index contributed by atoms with van der Waals surface area (Å²) in [5, 5.41) is 10.4. The van der Waals surface area contributed by atoms with Crippen LogP contribution in [0.5, 0.6) is 0 Å². The van der Waals surface area contributed by atoms with Crippen LogP contribution in [0.15, 0.2) is 60.7 Å². The van der Waals surface area contributed by atoms with Crippen molar-refractivity contribution in [1.29, 1.82) is 0 Å². The second-order valence-corrected chi connectivity index (χ2v) is 6.42. The van der Waals surface area contributed by atoms with Gasteiger partial charge in [0.15, 0.2) is 0 Å². The summed E-state index contributed by atoms with van der Waals surface area (Å²) >= 11 is 0. The van der Waals surface area contributed by atoms with Gasteiger partial charge in [0.05, 0.1) is 25.5 Å². The maximum atomic E-state index is 13.3. The molecule has 0 amide bonds. The molecule has 0 aromatic heterocycles. The molecule has 24 heavy (non-hydrogen) atoms. The lowest BCUT2D eigenvalue weighted by Gasteiger charge is -2.40. The first-order valence-corrected chi connectivity index (χ1v) is 8.42. The lowest BCUT2D eigenvalue weighted by molar-refractivity contribution is -0.118. The van der Waals surface area contributed by atoms with Crippen LogP contribution in [-0.2, 0) is 17.9 Å². The number of benzene rings is 2. The normalized spacial score (nSPS) is 24.8. The second-order valence-electron chi connectivity index (χ2n) is 6.42. The van der Waals surface area contributed by atoms with Crippen LogP contribution in [-0.4, -0.2) is 42.0 Å². The van der Waals surface area contributed by atoms with E-state index in [4.69, 9.17) is 4.74 Å². The number of likely N-dealkylation sites (tertiary alicyclic amines) is 1. The van der Waals surface area contributed by atoms with Crippen molar-refractivity contribution < 1.29 is 14.2 Å². The molecule has 0 saturated carbocycles. The Morgan fingerprint density at radius 1 is 0.958 bits per heavy atom. The van der Waals surface area contributed by atoms with E-state index >= 15 is 0 Å². The monoisotopic (exact) mass is 329 g/mol. The van der Waals surface area contributed by atoms with Crippen LogP contribution in [0.25, 0.3) is 0 Å². The van der Waals surface area contributed by atoms with Gasteiger partial charge in [-0.1, -0.05) is 60.7 Å². The van der Waals surface area contributed by atoms with Gasteiger partial charge in [0, 0.05) is 25.6 Å². The highest BCUT2D eigenvalue weighted by molar-refractivity contribution is 5.15. The van der Waals surface area contributed by atoms with Gasteiger partial charge >= 0.3 is 0 Å². The molecule has 4 heteroatoms. The standard InChI is InChI=1S/C20H24FNO2/c21-11-18-13-22(12-16-7-3-1-4-8-16)14-19(20(18)23)24-15-17-9-5-2-6-10-17/h1-10,18-20,23H,11-15H2/t18-,19?,20+/m0/s1. The molecule has 1 aliphatic rings. The van der Waals surface area contributed by atoms with Crippen molar-refractivity contribution in [1.82, 2.24) is 4.90 Å². The van der Waals surface area contributed by atoms with E-state index < -0.39 is 18.7 Å². The summed E-state index contributed by atoms with van der Waals surface area (Å²) < 4.78 is 19.3. The van der Waals surface area contributed by atoms with Gasteiger partial charge in [-0.25, -0.2) is 0 Å². The van der Waals surface area contributed by atoms with E-state index in [1.54, 1.807) is 0 Å². The number of aliphatic hydroxyl groups excluding tert-OH is 1. The van der Waals surface area contributed by atoms with Gasteiger partial charge in [0.25, 0.3) is 0 Å². The molecule has 2 aromatic rings. The highest BCUT2D eigenvalue weighted by Crippen LogP contribution is 2.23. The molecule has 0 bridgehead atoms. The van der Waals surface area contributed by atoms with E-state index in [1.165, 1.54) is 5.56 Å². The molecule has 3 atom stereocenters. The Kier molecular flexibility index (Phi) is 5.96. The first-order valence-electron chi connectivity index (χ1n) is 8.42. The molecule has 1 N–H and O–H groups in total. The maximum absolute atomic E-state index is 13.3. The van der Waals surface area contributed by atoms with Crippen molar-refractivity contribution in [2.75, 3.05) is 19.8 Å². The molecule has 0 aliphatic carbocycles. The number of aliphatic hydroxyl groups is 1. The average Bonchev–Trinajstić information content (AvgIpc) is 2.63. The van der Waals surface area contributed by atoms with Gasteiger partial charge in [0.1, 0.15) is 0 Å². The van der Waals surface area contributed by atoms with E-state index in [2.05, 4.69) is 17.0 Å². The van der Waals surface area contributed by atoms with Crippen molar-refractivity contribution in [2.24, 2.45) is 5.92 Å². The SMILES string of the molecule is O[C@H]1C(OCc2ccccc2)CN(Cc2ccccc2)C[C@@H]1CF. The fourth-order valence-corrected chi connectivity index (χ4v) is 3.22. The topological polar surface area (TPSA) is 32.7 Å². The molecule has 1 fully saturated rings. The van der Waals surface area contributed by atoms with Crippen molar-refractivity contribution in [3.05, 3.63) is 71.8 Å². The van der Waals surface area contributed by atoms with Crippen LogP contribution >= 0.6 is 0 Å². The first-order chi connectivity index (χ1) is 11.8. The number of ether oxygens (including phenoxy) is 1. The number of rotatable bonds is 6. The summed E-state index contributed by atoms with van der Waals surface area (Å²) in [6, 6.07) is 20.0. The van der Waals surface area contributed by atoms with Crippen LogP contribution in [0.3, 0.4) is 0 Å². The van der Waals surface area contributed by atoms with Crippen molar-refractivity contribution in [2.45, 2.75) is 25.4 Å². The Morgan fingerprint density at radius 3 is 2.21 bits per heavy atom. The molecule has 0 radical (unpaired) electrons. The zero-order valence-corrected chi connectivity index (χ0v) is 13.7. The van der Waals surface area contributed by atoms with Crippen molar-refractivity contribution in [3.8, 4) is 0 Å². The molecule has 1 heterocycles. The molecule has 128 valence electrons. The van der Waals surface area contributed by atoms with Gasteiger partial charge in [-0.15, -0.1) is 0 Å². The fourth-order valence-electron chi connectivity index (χ4n) is 3.22. The predicted octanol–water partition coefficient (Wildman–Crippen LogP) is 3.03. The molecule has 1 saturated heterocycles. The Hall–Kier alpha value is -1.75. The number of alkyl halides is 1. The molecular weight excluding hydrogens is 305 g/mol. The molecule has 3 nitrogen and oxygen atoms in total. The number of hydrogen-bond donors (Lipinski definition) is 1. The van der Waals surface area contributed by atoms with Crippen molar-refractivity contribution >= 4 is 0 Å². The average molecular weight is 329 g/mol. The Morgan fingerprint density at radius 2 is 1.58 bits per heavy atom. The number of nitrogens with zero attached hydrogens (tertiary/aromatic N) is 1. The third-order valence-corrected chi connectivity index (χ3v) is 4.55.